The molecule has 0 amide bonds. The second-order valence-electron chi connectivity index (χ2n) is 5.34. The van der Waals surface area contributed by atoms with Gasteiger partial charge >= 0.3 is 0 Å². The van der Waals surface area contributed by atoms with E-state index in [0.29, 0.717) is 5.92 Å². The van der Waals surface area contributed by atoms with Crippen molar-refractivity contribution in [3.05, 3.63) is 16.6 Å². The third kappa shape index (κ3) is 3.03. The summed E-state index contributed by atoms with van der Waals surface area (Å²) in [6.07, 6.45) is 3.19. The fourth-order valence-corrected chi connectivity index (χ4v) is 2.71. The van der Waals surface area contributed by atoms with Gasteiger partial charge in [0.25, 0.3) is 0 Å². The molecule has 16 heavy (non-hydrogen) atoms. The number of hydrogen-bond acceptors (Lipinski definition) is 4. The highest BCUT2D eigenvalue weighted by molar-refractivity contribution is 7.09. The van der Waals surface area contributed by atoms with E-state index in [1.54, 1.807) is 11.3 Å². The molecule has 1 aromatic heterocycles. The lowest BCUT2D eigenvalue weighted by Gasteiger charge is -2.25. The van der Waals surface area contributed by atoms with Crippen molar-refractivity contribution < 1.29 is 4.74 Å². The van der Waals surface area contributed by atoms with E-state index in [2.05, 4.69) is 31.1 Å². The molecule has 1 N–H and O–H groups in total. The Bertz CT molecular complexity index is 318. The molecule has 0 bridgehead atoms. The Kier molecular flexibility index (Phi) is 3.62. The second-order valence-corrected chi connectivity index (χ2v) is 6.27. The van der Waals surface area contributed by atoms with Gasteiger partial charge in [0.1, 0.15) is 11.1 Å². The maximum atomic E-state index is 5.78. The lowest BCUT2D eigenvalue weighted by atomic mass is 10.00. The number of aromatic nitrogens is 1. The zero-order chi connectivity index (χ0) is 11.6. The molecular formula is C12H20N2OS. The minimum atomic E-state index is 0.177. The summed E-state index contributed by atoms with van der Waals surface area (Å²) >= 11 is 1.69. The molecule has 1 aromatic rings. The second kappa shape index (κ2) is 4.82. The summed E-state index contributed by atoms with van der Waals surface area (Å²) in [4.78, 5) is 4.36. The maximum absolute atomic E-state index is 5.78. The molecule has 0 spiro atoms. The lowest BCUT2D eigenvalue weighted by molar-refractivity contribution is 0.0887. The van der Waals surface area contributed by atoms with Crippen LogP contribution in [0.15, 0.2) is 11.6 Å². The molecule has 1 fully saturated rings. The Hall–Kier alpha value is -0.450. The molecule has 0 aliphatic carbocycles. The Balaban J connectivity index is 1.94. The molecule has 4 heteroatoms. The number of ether oxygens (including phenoxy) is 1. The Morgan fingerprint density at radius 3 is 3.00 bits per heavy atom. The van der Waals surface area contributed by atoms with Crippen molar-refractivity contribution in [2.45, 2.75) is 38.8 Å². The topological polar surface area (TPSA) is 34.1 Å². The van der Waals surface area contributed by atoms with E-state index >= 15 is 0 Å². The zero-order valence-corrected chi connectivity index (χ0v) is 11.0. The summed E-state index contributed by atoms with van der Waals surface area (Å²) < 4.78 is 5.78. The van der Waals surface area contributed by atoms with E-state index in [0.717, 1.165) is 24.6 Å². The molecule has 2 heterocycles. The van der Waals surface area contributed by atoms with Crippen LogP contribution in [-0.4, -0.2) is 23.7 Å². The Morgan fingerprint density at radius 1 is 1.56 bits per heavy atom. The van der Waals surface area contributed by atoms with Crippen molar-refractivity contribution in [1.29, 1.82) is 0 Å². The zero-order valence-electron chi connectivity index (χ0n) is 10.2. The summed E-state index contributed by atoms with van der Waals surface area (Å²) in [6, 6.07) is 0. The first-order valence-electron chi connectivity index (χ1n) is 5.82. The van der Waals surface area contributed by atoms with Gasteiger partial charge in [-0.2, -0.15) is 0 Å². The van der Waals surface area contributed by atoms with Gasteiger partial charge in [0.15, 0.2) is 0 Å². The van der Waals surface area contributed by atoms with Crippen molar-refractivity contribution in [3.63, 3.8) is 0 Å². The van der Waals surface area contributed by atoms with Crippen molar-refractivity contribution in [2.75, 3.05) is 13.2 Å². The van der Waals surface area contributed by atoms with Gasteiger partial charge in [-0.3, -0.25) is 0 Å². The van der Waals surface area contributed by atoms with Gasteiger partial charge in [-0.25, -0.2) is 4.98 Å². The number of thiazole rings is 1. The molecule has 3 nitrogen and oxygen atoms in total. The van der Waals surface area contributed by atoms with E-state index in [1.807, 2.05) is 11.6 Å². The van der Waals surface area contributed by atoms with Crippen LogP contribution in [0.4, 0.5) is 0 Å². The quantitative estimate of drug-likeness (QED) is 0.882. The van der Waals surface area contributed by atoms with Gasteiger partial charge < -0.3 is 10.1 Å². The first-order chi connectivity index (χ1) is 7.56. The monoisotopic (exact) mass is 240 g/mol. The fourth-order valence-electron chi connectivity index (χ4n) is 1.93. The average molecular weight is 240 g/mol. The fraction of sp³-hybridized carbons (Fsp3) is 0.750. The predicted octanol–water partition coefficient (Wildman–Crippen LogP) is 2.61. The summed E-state index contributed by atoms with van der Waals surface area (Å²) in [5.74, 6) is 0.561. The largest absolute Gasteiger partial charge is 0.371 e. The normalized spacial score (nSPS) is 26.2. The number of hydrogen-bond donors (Lipinski definition) is 1. The van der Waals surface area contributed by atoms with E-state index < -0.39 is 0 Å². The Morgan fingerprint density at radius 2 is 2.38 bits per heavy atom. The van der Waals surface area contributed by atoms with Crippen LogP contribution in [0.1, 0.15) is 38.3 Å². The molecule has 1 aliphatic heterocycles. The number of rotatable bonds is 3. The maximum Gasteiger partial charge on any atom is 0.122 e. The highest BCUT2D eigenvalue weighted by Gasteiger charge is 2.31. The summed E-state index contributed by atoms with van der Waals surface area (Å²) in [5, 5.41) is 6.70. The molecule has 1 aliphatic rings. The van der Waals surface area contributed by atoms with Crippen LogP contribution in [0.5, 0.6) is 0 Å². The Labute approximate surface area is 101 Å². The van der Waals surface area contributed by atoms with E-state index in [-0.39, 0.29) is 11.6 Å². The highest BCUT2D eigenvalue weighted by Crippen LogP contribution is 2.35. The summed E-state index contributed by atoms with van der Waals surface area (Å²) in [7, 11) is 0. The number of nitrogens with one attached hydrogen (secondary N) is 1. The summed E-state index contributed by atoms with van der Waals surface area (Å²) in [5.41, 5.74) is 0.177. The van der Waals surface area contributed by atoms with Crippen molar-refractivity contribution in [2.24, 2.45) is 5.92 Å². The van der Waals surface area contributed by atoms with Gasteiger partial charge in [0, 0.05) is 36.2 Å². The van der Waals surface area contributed by atoms with Gasteiger partial charge in [-0.05, 0) is 27.2 Å². The molecule has 0 saturated carbocycles. The van der Waals surface area contributed by atoms with Gasteiger partial charge in [0.05, 0.1) is 0 Å². The van der Waals surface area contributed by atoms with Crippen LogP contribution in [-0.2, 0) is 4.74 Å². The van der Waals surface area contributed by atoms with Crippen LogP contribution < -0.4 is 5.32 Å². The average Bonchev–Trinajstić information content (AvgIpc) is 2.84. The van der Waals surface area contributed by atoms with Crippen molar-refractivity contribution in [3.8, 4) is 0 Å². The smallest absolute Gasteiger partial charge is 0.122 e. The highest BCUT2D eigenvalue weighted by atomic mass is 32.1. The van der Waals surface area contributed by atoms with Crippen LogP contribution in [0.3, 0.4) is 0 Å². The number of nitrogens with zero attached hydrogens (tertiary/aromatic N) is 1. The third-order valence-electron chi connectivity index (χ3n) is 2.80. The SMILES string of the molecule is CC(C)(C)NCC1CCOC1c1nccs1. The molecule has 2 unspecified atom stereocenters. The minimum absolute atomic E-state index is 0.177. The van der Waals surface area contributed by atoms with Gasteiger partial charge in [-0.1, -0.05) is 0 Å². The lowest BCUT2D eigenvalue weighted by Crippen LogP contribution is -2.39. The first-order valence-corrected chi connectivity index (χ1v) is 6.70. The van der Waals surface area contributed by atoms with E-state index in [9.17, 15) is 0 Å². The standard InChI is InChI=1S/C12H20N2OS/c1-12(2,3)14-8-9-4-6-15-10(9)11-13-5-7-16-11/h5,7,9-10,14H,4,6,8H2,1-3H3. The van der Waals surface area contributed by atoms with Crippen molar-refractivity contribution >= 4 is 11.3 Å². The van der Waals surface area contributed by atoms with Crippen molar-refractivity contribution in [1.82, 2.24) is 10.3 Å². The van der Waals surface area contributed by atoms with Crippen LogP contribution >= 0.6 is 11.3 Å². The predicted molar refractivity (Wildman–Crippen MR) is 66.7 cm³/mol. The summed E-state index contributed by atoms with van der Waals surface area (Å²) in [6.45, 7) is 8.46. The molecule has 1 saturated heterocycles. The third-order valence-corrected chi connectivity index (χ3v) is 3.64. The molecule has 2 atom stereocenters. The molecule has 0 aromatic carbocycles. The van der Waals surface area contributed by atoms with Crippen LogP contribution in [0, 0.1) is 5.92 Å². The van der Waals surface area contributed by atoms with Gasteiger partial charge in [-0.15, -0.1) is 11.3 Å². The molecular weight excluding hydrogens is 220 g/mol. The first kappa shape index (κ1) is 12.0. The van der Waals surface area contributed by atoms with E-state index in [4.69, 9.17) is 4.74 Å². The molecule has 0 radical (unpaired) electrons. The van der Waals surface area contributed by atoms with E-state index in [1.165, 1.54) is 0 Å². The van der Waals surface area contributed by atoms with Crippen LogP contribution in [0.2, 0.25) is 0 Å². The van der Waals surface area contributed by atoms with Crippen LogP contribution in [0.25, 0.3) is 0 Å². The molecule has 90 valence electrons. The minimum Gasteiger partial charge on any atom is -0.371 e. The van der Waals surface area contributed by atoms with Gasteiger partial charge in [0.2, 0.25) is 0 Å². The molecule has 2 rings (SSSR count).